The normalized spacial score (nSPS) is 11.6. The van der Waals surface area contributed by atoms with Crippen molar-refractivity contribution in [3.8, 4) is 78.4 Å². The summed E-state index contributed by atoms with van der Waals surface area (Å²) in [6, 6.07) is 58.3. The summed E-state index contributed by atoms with van der Waals surface area (Å²) >= 11 is 0. The summed E-state index contributed by atoms with van der Waals surface area (Å²) in [4.78, 5) is 14.8. The average Bonchev–Trinajstić information content (AvgIpc) is 3.53. The van der Waals surface area contributed by atoms with Crippen molar-refractivity contribution in [2.45, 2.75) is 0 Å². The van der Waals surface area contributed by atoms with Gasteiger partial charge in [0.2, 0.25) is 0 Å². The third-order valence-electron chi connectivity index (χ3n) is 9.95. The molecule has 3 heteroatoms. The van der Waals surface area contributed by atoms with Crippen LogP contribution in [0.4, 0.5) is 0 Å². The first kappa shape index (κ1) is 28.3. The third-order valence-corrected chi connectivity index (χ3v) is 9.95. The van der Waals surface area contributed by atoms with Crippen LogP contribution in [0.15, 0.2) is 176 Å². The van der Waals surface area contributed by atoms with Crippen molar-refractivity contribution in [2.24, 2.45) is 0 Å². The number of aromatic nitrogens is 3. The molecule has 0 radical (unpaired) electrons. The monoisotopic (exact) mass is 635 g/mol. The number of hydrogen-bond acceptors (Lipinski definition) is 3. The summed E-state index contributed by atoms with van der Waals surface area (Å²) in [6.07, 6.45) is 3.69. The number of fused-ring (bicyclic) bond motifs is 4. The van der Waals surface area contributed by atoms with Crippen LogP contribution in [0.1, 0.15) is 0 Å². The molecule has 0 saturated carbocycles. The van der Waals surface area contributed by atoms with E-state index in [2.05, 4.69) is 163 Å². The predicted octanol–water partition coefficient (Wildman–Crippen LogP) is 12.2. The van der Waals surface area contributed by atoms with Crippen LogP contribution in [0.3, 0.4) is 0 Å². The van der Waals surface area contributed by atoms with Crippen LogP contribution in [0.2, 0.25) is 0 Å². The van der Waals surface area contributed by atoms with E-state index in [9.17, 15) is 0 Å². The van der Waals surface area contributed by atoms with E-state index in [0.29, 0.717) is 5.82 Å². The Morgan fingerprint density at radius 3 is 1.62 bits per heavy atom. The highest BCUT2D eigenvalue weighted by atomic mass is 14.9. The molecule has 3 nitrogen and oxygen atoms in total. The Balaban J connectivity index is 1.11. The molecule has 232 valence electrons. The SMILES string of the molecule is c1cncc(-c2ccc(-c3cc(-c4ccc(-c5ccc6ccccc6c5)cc4)nc(-c4ccc5c6c(cccc46)-c4ccccc4-5)n3)cc2)c1. The van der Waals surface area contributed by atoms with E-state index in [1.54, 1.807) is 6.20 Å². The van der Waals surface area contributed by atoms with Gasteiger partial charge in [-0.2, -0.15) is 0 Å². The van der Waals surface area contributed by atoms with Gasteiger partial charge < -0.3 is 0 Å². The molecule has 0 unspecified atom stereocenters. The van der Waals surface area contributed by atoms with Gasteiger partial charge in [-0.05, 0) is 90.3 Å². The summed E-state index contributed by atoms with van der Waals surface area (Å²) in [7, 11) is 0. The molecule has 0 N–H and O–H groups in total. The molecule has 0 spiro atoms. The van der Waals surface area contributed by atoms with Crippen LogP contribution in [-0.4, -0.2) is 15.0 Å². The van der Waals surface area contributed by atoms with Crippen LogP contribution < -0.4 is 0 Å². The van der Waals surface area contributed by atoms with Gasteiger partial charge >= 0.3 is 0 Å². The van der Waals surface area contributed by atoms with E-state index in [-0.39, 0.29) is 0 Å². The second-order valence-corrected chi connectivity index (χ2v) is 12.9. The van der Waals surface area contributed by atoms with Crippen molar-refractivity contribution in [2.75, 3.05) is 0 Å². The fourth-order valence-electron chi connectivity index (χ4n) is 7.44. The maximum Gasteiger partial charge on any atom is 0.161 e. The lowest BCUT2D eigenvalue weighted by Crippen LogP contribution is -1.97. The quantitative estimate of drug-likeness (QED) is 0.189. The van der Waals surface area contributed by atoms with Gasteiger partial charge in [-0.25, -0.2) is 9.97 Å². The molecule has 0 amide bonds. The lowest BCUT2D eigenvalue weighted by molar-refractivity contribution is 1.19. The molecule has 10 rings (SSSR count). The Bertz CT molecular complexity index is 2700. The standard InChI is InChI=1S/C47H29N3/c1-2-8-35-27-36(23-18-30(35)7-1)31-14-19-33(20-15-31)44-28-45(34-21-16-32(17-22-34)37-9-6-26-48-29-37)50-47(49-44)43-25-24-42-39-11-4-3-10-38(39)40-12-5-13-41(43)46(40)42/h1-29H. The van der Waals surface area contributed by atoms with Gasteiger partial charge in [-0.1, -0.05) is 140 Å². The highest BCUT2D eigenvalue weighted by Gasteiger charge is 2.23. The number of pyridine rings is 1. The summed E-state index contributed by atoms with van der Waals surface area (Å²) in [5.41, 5.74) is 14.5. The Morgan fingerprint density at radius 2 is 0.920 bits per heavy atom. The zero-order valence-corrected chi connectivity index (χ0v) is 27.1. The molecular weight excluding hydrogens is 607 g/mol. The van der Waals surface area contributed by atoms with Crippen LogP contribution in [-0.2, 0) is 0 Å². The molecule has 0 fully saturated rings. The molecule has 2 heterocycles. The molecule has 7 aromatic carbocycles. The Labute approximate surface area is 290 Å². The van der Waals surface area contributed by atoms with E-state index < -0.39 is 0 Å². The molecule has 0 saturated heterocycles. The lowest BCUT2D eigenvalue weighted by atomic mass is 9.97. The summed E-state index contributed by atoms with van der Waals surface area (Å²) in [5.74, 6) is 0.715. The van der Waals surface area contributed by atoms with Gasteiger partial charge in [-0.3, -0.25) is 4.98 Å². The van der Waals surface area contributed by atoms with Gasteiger partial charge in [0.15, 0.2) is 5.82 Å². The summed E-state index contributed by atoms with van der Waals surface area (Å²) < 4.78 is 0. The molecule has 1 aliphatic rings. The van der Waals surface area contributed by atoms with Crippen molar-refractivity contribution >= 4 is 21.5 Å². The maximum absolute atomic E-state index is 5.27. The van der Waals surface area contributed by atoms with Crippen LogP contribution >= 0.6 is 0 Å². The van der Waals surface area contributed by atoms with E-state index in [0.717, 1.165) is 44.6 Å². The Kier molecular flexibility index (Phi) is 6.49. The topological polar surface area (TPSA) is 38.7 Å². The highest BCUT2D eigenvalue weighted by Crippen LogP contribution is 2.49. The first-order valence-corrected chi connectivity index (χ1v) is 16.9. The molecule has 1 aliphatic carbocycles. The number of nitrogens with zero attached hydrogens (tertiary/aromatic N) is 3. The maximum atomic E-state index is 5.27. The average molecular weight is 636 g/mol. The smallest absolute Gasteiger partial charge is 0.161 e. The van der Waals surface area contributed by atoms with Crippen LogP contribution in [0.25, 0.3) is 100.0 Å². The van der Waals surface area contributed by atoms with Gasteiger partial charge in [0.05, 0.1) is 11.4 Å². The van der Waals surface area contributed by atoms with Crippen LogP contribution in [0, 0.1) is 0 Å². The molecule has 2 aromatic heterocycles. The third kappa shape index (κ3) is 4.71. The zero-order valence-electron chi connectivity index (χ0n) is 27.1. The van der Waals surface area contributed by atoms with E-state index in [4.69, 9.17) is 9.97 Å². The zero-order chi connectivity index (χ0) is 33.0. The highest BCUT2D eigenvalue weighted by molar-refractivity contribution is 6.18. The fraction of sp³-hybridized carbons (Fsp3) is 0. The predicted molar refractivity (Wildman–Crippen MR) is 206 cm³/mol. The van der Waals surface area contributed by atoms with Crippen molar-refractivity contribution in [1.29, 1.82) is 0 Å². The van der Waals surface area contributed by atoms with E-state index >= 15 is 0 Å². The minimum Gasteiger partial charge on any atom is -0.264 e. The van der Waals surface area contributed by atoms with Crippen molar-refractivity contribution in [3.05, 3.63) is 176 Å². The molecule has 0 atom stereocenters. The van der Waals surface area contributed by atoms with E-state index in [1.165, 1.54) is 49.5 Å². The first-order valence-electron chi connectivity index (χ1n) is 16.9. The molecule has 50 heavy (non-hydrogen) atoms. The van der Waals surface area contributed by atoms with Crippen LogP contribution in [0.5, 0.6) is 0 Å². The van der Waals surface area contributed by atoms with Gasteiger partial charge in [-0.15, -0.1) is 0 Å². The second-order valence-electron chi connectivity index (χ2n) is 12.9. The summed E-state index contributed by atoms with van der Waals surface area (Å²) in [6.45, 7) is 0. The lowest BCUT2D eigenvalue weighted by Gasteiger charge is -2.13. The second kappa shape index (κ2) is 11.5. The van der Waals surface area contributed by atoms with Gasteiger partial charge in [0.25, 0.3) is 0 Å². The minimum absolute atomic E-state index is 0.715. The molecule has 0 aliphatic heterocycles. The van der Waals surface area contributed by atoms with E-state index in [1.807, 2.05) is 12.3 Å². The molecule has 9 aromatic rings. The van der Waals surface area contributed by atoms with Gasteiger partial charge in [0, 0.05) is 29.1 Å². The largest absolute Gasteiger partial charge is 0.264 e. The van der Waals surface area contributed by atoms with Gasteiger partial charge in [0.1, 0.15) is 0 Å². The number of rotatable bonds is 5. The van der Waals surface area contributed by atoms with Crippen molar-refractivity contribution in [3.63, 3.8) is 0 Å². The minimum atomic E-state index is 0.715. The Hall–Kier alpha value is -6.71. The van der Waals surface area contributed by atoms with Crippen molar-refractivity contribution in [1.82, 2.24) is 15.0 Å². The molecule has 0 bridgehead atoms. The molecular formula is C47H29N3. The van der Waals surface area contributed by atoms with Crippen molar-refractivity contribution < 1.29 is 0 Å². The summed E-state index contributed by atoms with van der Waals surface area (Å²) in [5, 5.41) is 4.91. The first-order chi connectivity index (χ1) is 24.8. The number of hydrogen-bond donors (Lipinski definition) is 0. The fourth-order valence-corrected chi connectivity index (χ4v) is 7.44. The Morgan fingerprint density at radius 1 is 0.340 bits per heavy atom. The number of benzene rings is 7.